The van der Waals surface area contributed by atoms with E-state index in [-0.39, 0.29) is 65.2 Å². The van der Waals surface area contributed by atoms with Gasteiger partial charge in [-0.15, -0.1) is 0 Å². The predicted molar refractivity (Wildman–Crippen MR) is 173 cm³/mol. The topological polar surface area (TPSA) is 251 Å². The van der Waals surface area contributed by atoms with Crippen LogP contribution in [0.25, 0.3) is 22.3 Å². The third-order valence-electron chi connectivity index (χ3n) is 8.72. The lowest BCUT2D eigenvalue weighted by Crippen LogP contribution is -2.43. The maximum absolute atomic E-state index is 16.0. The van der Waals surface area contributed by atoms with Crippen molar-refractivity contribution in [1.82, 2.24) is 39.0 Å². The molecule has 1 amide bonds. The molecule has 2 aliphatic rings. The lowest BCUT2D eigenvalue weighted by Gasteiger charge is -2.44. The molecule has 1 aromatic carbocycles. The van der Waals surface area contributed by atoms with Gasteiger partial charge in [0.25, 0.3) is 11.5 Å². The molecule has 8 atom stereocenters. The number of hydrogen-bond donors (Lipinski definition) is 6. The molecule has 258 valence electrons. The Bertz CT molecular complexity index is 2120. The Hall–Kier alpha value is -4.27. The minimum Gasteiger partial charge on any atom is -0.396 e. The van der Waals surface area contributed by atoms with Crippen molar-refractivity contribution < 1.29 is 38.1 Å². The second-order valence-electron chi connectivity index (χ2n) is 11.6. The zero-order valence-electron chi connectivity index (χ0n) is 25.3. The monoisotopic (exact) mass is 716 g/mol. The summed E-state index contributed by atoms with van der Waals surface area (Å²) in [5.74, 6) is -1.09. The molecule has 1 saturated carbocycles. The molecule has 5 aromatic rings. The van der Waals surface area contributed by atoms with Crippen LogP contribution in [0.4, 0.5) is 16.2 Å². The number of aromatic amines is 1. The maximum atomic E-state index is 16.0. The SMILES string of the molecule is Nc1nc2c(ncn2[C@@H]2C[C@H](COP(O)(=S)O[C@H]3[C@@H](F)[C@H](n4cnc5c(NC(=O)c6ccccc6)ncnc54)O[C@@H]3CO)[C@H]2CO)c(=O)[nH]1. The standard InChI is InChI=1S/C28H30FN10O8PS/c29-18-21(47-48(44,49)45-9-14-6-16(15(14)7-40)38-11-34-20-24(38)36-28(30)37-26(20)43)17(8-41)46-27(18)39-12-33-19-22(31-10-32-23(19)39)35-25(42)13-4-2-1-3-5-13/h1-5,10-12,14-18,21,27,40-41H,6-9H2,(H,44,49)(H3,30,36,37,43)(H,31,32,35,42)/t14-,15-,16-,17-,18-,21-,27-,48?/m1/s1. The lowest BCUT2D eigenvalue weighted by atomic mass is 9.70. The van der Waals surface area contributed by atoms with E-state index in [1.807, 2.05) is 0 Å². The summed E-state index contributed by atoms with van der Waals surface area (Å²) >= 11 is 5.21. The summed E-state index contributed by atoms with van der Waals surface area (Å²) in [6, 6.07) is 8.16. The van der Waals surface area contributed by atoms with E-state index in [0.717, 1.165) is 0 Å². The van der Waals surface area contributed by atoms with Crippen molar-refractivity contribution >= 4 is 58.5 Å². The number of H-pyrrole nitrogens is 1. The lowest BCUT2D eigenvalue weighted by molar-refractivity contribution is -0.0461. The molecule has 5 heterocycles. The Kier molecular flexibility index (Phi) is 8.96. The molecule has 0 radical (unpaired) electrons. The van der Waals surface area contributed by atoms with Gasteiger partial charge < -0.3 is 40.0 Å². The van der Waals surface area contributed by atoms with Crippen LogP contribution < -0.4 is 16.6 Å². The molecule has 7 rings (SSSR count). The molecule has 49 heavy (non-hydrogen) atoms. The van der Waals surface area contributed by atoms with E-state index in [0.29, 0.717) is 12.0 Å². The molecule has 0 bridgehead atoms. The number of rotatable bonds is 11. The number of nitrogens with one attached hydrogen (secondary N) is 2. The summed E-state index contributed by atoms with van der Waals surface area (Å²) in [7, 11) is 0. The van der Waals surface area contributed by atoms with E-state index < -0.39 is 49.4 Å². The first-order valence-electron chi connectivity index (χ1n) is 15.0. The molecule has 0 spiro atoms. The first-order chi connectivity index (χ1) is 23.6. The van der Waals surface area contributed by atoms with Crippen molar-refractivity contribution in [2.45, 2.75) is 37.1 Å². The number of nitrogens with two attached hydrogens (primary N) is 1. The molecule has 1 saturated heterocycles. The number of amides is 1. The van der Waals surface area contributed by atoms with E-state index in [1.165, 1.54) is 23.5 Å². The van der Waals surface area contributed by atoms with Gasteiger partial charge in [-0.1, -0.05) is 18.2 Å². The van der Waals surface area contributed by atoms with E-state index in [1.54, 1.807) is 34.9 Å². The molecular weight excluding hydrogens is 686 g/mol. The van der Waals surface area contributed by atoms with E-state index in [4.69, 9.17) is 31.3 Å². The Morgan fingerprint density at radius 2 is 1.88 bits per heavy atom. The molecular formula is C28H30FN10O8PS. The number of nitrogen functional groups attached to an aromatic ring is 1. The molecule has 1 unspecified atom stereocenters. The van der Waals surface area contributed by atoms with Crippen LogP contribution in [-0.4, -0.2) is 98.3 Å². The Morgan fingerprint density at radius 3 is 2.63 bits per heavy atom. The fourth-order valence-corrected chi connectivity index (χ4v) is 7.69. The smallest absolute Gasteiger partial charge is 0.324 e. The largest absolute Gasteiger partial charge is 0.396 e. The number of hydrogen-bond acceptors (Lipinski definition) is 14. The van der Waals surface area contributed by atoms with E-state index in [2.05, 4.69) is 35.2 Å². The first-order valence-corrected chi connectivity index (χ1v) is 17.6. The summed E-state index contributed by atoms with van der Waals surface area (Å²) in [5.41, 5.74) is 6.26. The molecule has 1 aliphatic heterocycles. The summed E-state index contributed by atoms with van der Waals surface area (Å²) in [6.07, 6.45) is -1.83. The number of aromatic nitrogens is 8. The van der Waals surface area contributed by atoms with Crippen molar-refractivity contribution in [3.8, 4) is 0 Å². The van der Waals surface area contributed by atoms with Gasteiger partial charge in [-0.2, -0.15) is 4.98 Å². The van der Waals surface area contributed by atoms with Crippen LogP contribution >= 0.6 is 6.72 Å². The third kappa shape index (κ3) is 6.21. The molecule has 7 N–H and O–H groups in total. The van der Waals surface area contributed by atoms with Gasteiger partial charge in [0, 0.05) is 24.1 Å². The van der Waals surface area contributed by atoms with Gasteiger partial charge in [-0.3, -0.25) is 23.7 Å². The normalized spacial score (nSPS) is 26.5. The van der Waals surface area contributed by atoms with Crippen molar-refractivity contribution in [2.24, 2.45) is 11.8 Å². The van der Waals surface area contributed by atoms with Crippen LogP contribution in [0.1, 0.15) is 29.0 Å². The number of carbonyl (C=O) groups is 1. The highest BCUT2D eigenvalue weighted by Crippen LogP contribution is 2.52. The van der Waals surface area contributed by atoms with Crippen LogP contribution in [0.5, 0.6) is 0 Å². The van der Waals surface area contributed by atoms with Crippen molar-refractivity contribution in [1.29, 1.82) is 0 Å². The van der Waals surface area contributed by atoms with Crippen molar-refractivity contribution in [2.75, 3.05) is 30.9 Å². The second-order valence-corrected chi connectivity index (χ2v) is 14.4. The number of aliphatic hydroxyl groups is 2. The third-order valence-corrected chi connectivity index (χ3v) is 10.3. The zero-order valence-corrected chi connectivity index (χ0v) is 27.0. The number of anilines is 2. The van der Waals surface area contributed by atoms with Crippen LogP contribution in [-0.2, 0) is 25.6 Å². The minimum atomic E-state index is -4.11. The predicted octanol–water partition coefficient (Wildman–Crippen LogP) is 0.810. The van der Waals surface area contributed by atoms with Crippen LogP contribution in [0.3, 0.4) is 0 Å². The fraction of sp³-hybridized carbons (Fsp3) is 0.393. The van der Waals surface area contributed by atoms with Gasteiger partial charge in [0.2, 0.25) is 5.95 Å². The maximum Gasteiger partial charge on any atom is 0.324 e. The number of ether oxygens (including phenoxy) is 1. The van der Waals surface area contributed by atoms with Gasteiger partial charge in [-0.05, 0) is 36.3 Å². The van der Waals surface area contributed by atoms with Crippen LogP contribution in [0, 0.1) is 11.8 Å². The molecule has 4 aromatic heterocycles. The van der Waals surface area contributed by atoms with Crippen LogP contribution in [0.2, 0.25) is 0 Å². The Morgan fingerprint density at radius 1 is 1.12 bits per heavy atom. The van der Waals surface area contributed by atoms with Gasteiger partial charge in [0.1, 0.15) is 18.5 Å². The average molecular weight is 717 g/mol. The molecule has 2 fully saturated rings. The molecule has 21 heteroatoms. The number of alkyl halides is 1. The Balaban J connectivity index is 1.02. The van der Waals surface area contributed by atoms with Crippen molar-refractivity contribution in [3.05, 3.63) is 65.2 Å². The number of fused-ring (bicyclic) bond motifs is 2. The minimum absolute atomic E-state index is 0.0748. The van der Waals surface area contributed by atoms with Gasteiger partial charge >= 0.3 is 6.72 Å². The van der Waals surface area contributed by atoms with Crippen molar-refractivity contribution in [3.63, 3.8) is 0 Å². The highest BCUT2D eigenvalue weighted by molar-refractivity contribution is 8.07. The quantitative estimate of drug-likeness (QED) is 0.104. The summed E-state index contributed by atoms with van der Waals surface area (Å²) in [4.78, 5) is 59.0. The summed E-state index contributed by atoms with van der Waals surface area (Å²) in [5, 5.41) is 22.8. The molecule has 18 nitrogen and oxygen atoms in total. The van der Waals surface area contributed by atoms with Crippen LogP contribution in [0.15, 0.2) is 54.1 Å². The molecule has 1 aliphatic carbocycles. The summed E-state index contributed by atoms with van der Waals surface area (Å²) in [6.45, 7) is -5.17. The van der Waals surface area contributed by atoms with Gasteiger partial charge in [0.05, 0.1) is 25.9 Å². The fourth-order valence-electron chi connectivity index (χ4n) is 6.21. The number of nitrogens with zero attached hydrogens (tertiary/aromatic N) is 7. The average Bonchev–Trinajstić information content (AvgIpc) is 3.77. The highest BCUT2D eigenvalue weighted by atomic mass is 32.5. The Labute approximate surface area is 280 Å². The van der Waals surface area contributed by atoms with Gasteiger partial charge in [0.15, 0.2) is 40.5 Å². The first kappa shape index (κ1) is 33.2. The number of halogens is 1. The van der Waals surface area contributed by atoms with Gasteiger partial charge in [-0.25, -0.2) is 24.3 Å². The van der Waals surface area contributed by atoms with E-state index >= 15 is 4.39 Å². The number of benzene rings is 1. The summed E-state index contributed by atoms with van der Waals surface area (Å²) < 4.78 is 35.9. The number of imidazole rings is 2. The van der Waals surface area contributed by atoms with E-state index in [9.17, 15) is 24.7 Å². The highest BCUT2D eigenvalue weighted by Gasteiger charge is 2.50. The number of aliphatic hydroxyl groups excluding tert-OH is 2. The second kappa shape index (κ2) is 13.2. The number of carbonyl (C=O) groups excluding carboxylic acids is 1. The zero-order chi connectivity index (χ0) is 34.4.